The Morgan fingerprint density at radius 3 is 2.29 bits per heavy atom. The molecule has 1 fully saturated rings. The van der Waals surface area contributed by atoms with Gasteiger partial charge in [-0.1, -0.05) is 44.2 Å². The van der Waals surface area contributed by atoms with E-state index < -0.39 is 60.2 Å². The molecule has 1 aliphatic heterocycles. The molecule has 0 bridgehead atoms. The molecule has 4 atom stereocenters. The van der Waals surface area contributed by atoms with Gasteiger partial charge in [0, 0.05) is 6.54 Å². The molecule has 0 radical (unpaired) electrons. The number of carbonyl (C=O) groups is 5. The van der Waals surface area contributed by atoms with Crippen LogP contribution in [0.15, 0.2) is 30.3 Å². The molecule has 11 nitrogen and oxygen atoms in total. The van der Waals surface area contributed by atoms with Crippen LogP contribution >= 0.6 is 0 Å². The zero-order valence-corrected chi connectivity index (χ0v) is 19.4. The van der Waals surface area contributed by atoms with Gasteiger partial charge < -0.3 is 32.1 Å². The van der Waals surface area contributed by atoms with Crippen molar-refractivity contribution in [1.29, 1.82) is 0 Å². The van der Waals surface area contributed by atoms with Crippen LogP contribution in [0.5, 0.6) is 0 Å². The lowest BCUT2D eigenvalue weighted by Crippen LogP contribution is -2.59. The van der Waals surface area contributed by atoms with Crippen molar-refractivity contribution >= 4 is 29.6 Å². The highest BCUT2D eigenvalue weighted by Crippen LogP contribution is 2.20. The number of hydrogen-bond acceptors (Lipinski definition) is 6. The molecule has 186 valence electrons. The summed E-state index contributed by atoms with van der Waals surface area (Å²) in [4.78, 5) is 62.9. The minimum Gasteiger partial charge on any atom is -0.480 e. The molecule has 1 aromatic rings. The number of nitrogens with one attached hydrogen (secondary N) is 2. The fraction of sp³-hybridized carbons (Fsp3) is 0.522. The Bertz CT molecular complexity index is 906. The lowest BCUT2D eigenvalue weighted by Gasteiger charge is -2.30. The normalized spacial score (nSPS) is 18.1. The van der Waals surface area contributed by atoms with Crippen LogP contribution in [-0.2, 0) is 30.4 Å². The standard InChI is InChI=1S/C23H33N5O6/c1-13(2)19(22(32)28-10-6-9-17(28)23(33)34)27-21(31)16(12-18(25)29)26-20(30)15(24)11-14-7-4-3-5-8-14/h3-5,7-8,13,15-17,19H,6,9-12,24H2,1-2H3,(H2,25,29)(H,26,30)(H,27,31)(H,33,34). The summed E-state index contributed by atoms with van der Waals surface area (Å²) in [5.74, 6) is -4.27. The molecular formula is C23H33N5O6. The number of rotatable bonds is 11. The molecule has 1 aliphatic rings. The van der Waals surface area contributed by atoms with E-state index in [-0.39, 0.29) is 18.9 Å². The molecule has 0 aliphatic carbocycles. The number of carboxylic acids is 1. The van der Waals surface area contributed by atoms with Crippen LogP contribution in [0.25, 0.3) is 0 Å². The molecule has 1 aromatic carbocycles. The average Bonchev–Trinajstić information content (AvgIpc) is 3.27. The van der Waals surface area contributed by atoms with Gasteiger partial charge in [0.05, 0.1) is 12.5 Å². The van der Waals surface area contributed by atoms with Crippen molar-refractivity contribution in [3.8, 4) is 0 Å². The molecular weight excluding hydrogens is 442 g/mol. The molecule has 2 rings (SSSR count). The van der Waals surface area contributed by atoms with Gasteiger partial charge in [0.25, 0.3) is 0 Å². The Kier molecular flexibility index (Phi) is 9.55. The summed E-state index contributed by atoms with van der Waals surface area (Å²) in [6.07, 6.45) is 0.604. The lowest BCUT2D eigenvalue weighted by atomic mass is 10.0. The first-order valence-corrected chi connectivity index (χ1v) is 11.2. The van der Waals surface area contributed by atoms with Gasteiger partial charge in [-0.2, -0.15) is 0 Å². The average molecular weight is 476 g/mol. The third-order valence-corrected chi connectivity index (χ3v) is 5.72. The van der Waals surface area contributed by atoms with Crippen LogP contribution in [-0.4, -0.2) is 70.3 Å². The molecule has 7 N–H and O–H groups in total. The number of nitrogens with zero attached hydrogens (tertiary/aromatic N) is 1. The van der Waals surface area contributed by atoms with E-state index in [1.165, 1.54) is 4.90 Å². The van der Waals surface area contributed by atoms with Crippen molar-refractivity contribution in [3.05, 3.63) is 35.9 Å². The van der Waals surface area contributed by atoms with Crippen molar-refractivity contribution in [3.63, 3.8) is 0 Å². The van der Waals surface area contributed by atoms with E-state index in [1.54, 1.807) is 13.8 Å². The zero-order chi connectivity index (χ0) is 25.4. The summed E-state index contributed by atoms with van der Waals surface area (Å²) in [5.41, 5.74) is 12.1. The fourth-order valence-electron chi connectivity index (χ4n) is 3.88. The number of hydrogen-bond donors (Lipinski definition) is 5. The molecule has 11 heteroatoms. The van der Waals surface area contributed by atoms with Crippen LogP contribution in [0.3, 0.4) is 0 Å². The van der Waals surface area contributed by atoms with Gasteiger partial charge in [0.15, 0.2) is 0 Å². The summed E-state index contributed by atoms with van der Waals surface area (Å²) >= 11 is 0. The maximum Gasteiger partial charge on any atom is 0.326 e. The molecule has 1 saturated heterocycles. The predicted octanol–water partition coefficient (Wildman–Crippen LogP) is -0.867. The number of carboxylic acid groups (broad SMARTS) is 1. The van der Waals surface area contributed by atoms with Gasteiger partial charge in [-0.15, -0.1) is 0 Å². The molecule has 0 saturated carbocycles. The van der Waals surface area contributed by atoms with E-state index in [9.17, 15) is 29.1 Å². The SMILES string of the molecule is CC(C)C(NC(=O)C(CC(N)=O)NC(=O)C(N)Cc1ccccc1)C(=O)N1CCCC1C(=O)O. The number of carbonyl (C=O) groups excluding carboxylic acids is 4. The number of aliphatic carboxylic acids is 1. The minimum atomic E-state index is -1.34. The second-order valence-electron chi connectivity index (χ2n) is 8.79. The number of likely N-dealkylation sites (tertiary alicyclic amines) is 1. The summed E-state index contributed by atoms with van der Waals surface area (Å²) in [7, 11) is 0. The smallest absolute Gasteiger partial charge is 0.326 e. The first-order valence-electron chi connectivity index (χ1n) is 11.2. The van der Waals surface area contributed by atoms with Crippen molar-refractivity contribution in [2.75, 3.05) is 6.54 Å². The van der Waals surface area contributed by atoms with Crippen molar-refractivity contribution < 1.29 is 29.1 Å². The molecule has 34 heavy (non-hydrogen) atoms. The molecule has 4 amide bonds. The molecule has 0 spiro atoms. The van der Waals surface area contributed by atoms with Crippen LogP contribution in [0.2, 0.25) is 0 Å². The Labute approximate surface area is 198 Å². The predicted molar refractivity (Wildman–Crippen MR) is 123 cm³/mol. The maximum absolute atomic E-state index is 13.1. The van der Waals surface area contributed by atoms with E-state index in [2.05, 4.69) is 10.6 Å². The third-order valence-electron chi connectivity index (χ3n) is 5.72. The second-order valence-corrected chi connectivity index (χ2v) is 8.79. The Balaban J connectivity index is 2.11. The largest absolute Gasteiger partial charge is 0.480 e. The third kappa shape index (κ3) is 7.27. The summed E-state index contributed by atoms with van der Waals surface area (Å²) < 4.78 is 0. The van der Waals surface area contributed by atoms with Crippen LogP contribution in [0, 0.1) is 5.92 Å². The highest BCUT2D eigenvalue weighted by Gasteiger charge is 2.39. The second kappa shape index (κ2) is 12.1. The summed E-state index contributed by atoms with van der Waals surface area (Å²) in [6, 6.07) is 4.74. The lowest BCUT2D eigenvalue weighted by molar-refractivity contribution is -0.150. The number of primary amides is 1. The van der Waals surface area contributed by atoms with Crippen LogP contribution in [0.1, 0.15) is 38.7 Å². The van der Waals surface area contributed by atoms with E-state index in [4.69, 9.17) is 11.5 Å². The van der Waals surface area contributed by atoms with E-state index >= 15 is 0 Å². The Morgan fingerprint density at radius 1 is 1.09 bits per heavy atom. The maximum atomic E-state index is 13.1. The zero-order valence-electron chi connectivity index (χ0n) is 19.4. The minimum absolute atomic E-state index is 0.218. The van der Waals surface area contributed by atoms with Crippen LogP contribution in [0.4, 0.5) is 0 Å². The van der Waals surface area contributed by atoms with Gasteiger partial charge in [0.1, 0.15) is 18.1 Å². The monoisotopic (exact) mass is 475 g/mol. The van der Waals surface area contributed by atoms with Gasteiger partial charge in [0.2, 0.25) is 23.6 Å². The number of amides is 4. The molecule has 0 aromatic heterocycles. The van der Waals surface area contributed by atoms with Crippen molar-refractivity contribution in [2.24, 2.45) is 17.4 Å². The van der Waals surface area contributed by atoms with Gasteiger partial charge >= 0.3 is 5.97 Å². The van der Waals surface area contributed by atoms with E-state index in [1.807, 2.05) is 30.3 Å². The van der Waals surface area contributed by atoms with E-state index in [0.717, 1.165) is 5.56 Å². The van der Waals surface area contributed by atoms with Crippen molar-refractivity contribution in [1.82, 2.24) is 15.5 Å². The summed E-state index contributed by atoms with van der Waals surface area (Å²) in [6.45, 7) is 3.67. The first-order chi connectivity index (χ1) is 16.0. The fourth-order valence-corrected chi connectivity index (χ4v) is 3.88. The highest BCUT2D eigenvalue weighted by atomic mass is 16.4. The topological polar surface area (TPSA) is 185 Å². The van der Waals surface area contributed by atoms with E-state index in [0.29, 0.717) is 12.8 Å². The first kappa shape index (κ1) is 26.8. The quantitative estimate of drug-likeness (QED) is 0.275. The Morgan fingerprint density at radius 2 is 1.74 bits per heavy atom. The summed E-state index contributed by atoms with van der Waals surface area (Å²) in [5, 5.41) is 14.4. The number of benzene rings is 1. The number of nitrogens with two attached hydrogens (primary N) is 2. The highest BCUT2D eigenvalue weighted by molar-refractivity contribution is 5.96. The van der Waals surface area contributed by atoms with Gasteiger partial charge in [-0.05, 0) is 30.7 Å². The van der Waals surface area contributed by atoms with Gasteiger partial charge in [-0.3, -0.25) is 19.2 Å². The van der Waals surface area contributed by atoms with Crippen LogP contribution < -0.4 is 22.1 Å². The molecule has 1 heterocycles. The Hall–Kier alpha value is -3.47. The van der Waals surface area contributed by atoms with Gasteiger partial charge in [-0.25, -0.2) is 4.79 Å². The van der Waals surface area contributed by atoms with Crippen molar-refractivity contribution in [2.45, 2.75) is 63.7 Å². The molecule has 4 unspecified atom stereocenters.